The second-order valence-corrected chi connectivity index (χ2v) is 5.32. The molecule has 0 bridgehead atoms. The number of nitrogens with two attached hydrogens (primary N) is 1. The Kier molecular flexibility index (Phi) is 8.11. The van der Waals surface area contributed by atoms with Gasteiger partial charge in [0.15, 0.2) is 5.88 Å². The average molecular weight is 282 g/mol. The van der Waals surface area contributed by atoms with Gasteiger partial charge in [-0.3, -0.25) is 4.99 Å². The first-order chi connectivity index (χ1) is 9.69. The van der Waals surface area contributed by atoms with Crippen LogP contribution in [0.3, 0.4) is 0 Å². The van der Waals surface area contributed by atoms with Crippen molar-refractivity contribution in [2.45, 2.75) is 57.6 Å². The van der Waals surface area contributed by atoms with Crippen LogP contribution in [-0.4, -0.2) is 38.6 Å². The summed E-state index contributed by atoms with van der Waals surface area (Å²) >= 11 is 0. The molecule has 0 radical (unpaired) electrons. The molecule has 1 saturated carbocycles. The van der Waals surface area contributed by atoms with Crippen LogP contribution in [-0.2, 0) is 4.74 Å². The van der Waals surface area contributed by atoms with Gasteiger partial charge in [0.1, 0.15) is 11.9 Å². The van der Waals surface area contributed by atoms with E-state index in [1.54, 1.807) is 13.1 Å². The minimum atomic E-state index is 0.240. The quantitative estimate of drug-likeness (QED) is 0.288. The van der Waals surface area contributed by atoms with Crippen LogP contribution in [0.1, 0.15) is 45.4 Å². The van der Waals surface area contributed by atoms with Crippen molar-refractivity contribution >= 4 is 5.84 Å². The van der Waals surface area contributed by atoms with Gasteiger partial charge >= 0.3 is 0 Å². The van der Waals surface area contributed by atoms with Crippen LogP contribution >= 0.6 is 0 Å². The Balaban J connectivity index is 2.36. The fraction of sp³-hybridized carbons (Fsp3) is 0.800. The van der Waals surface area contributed by atoms with Crippen molar-refractivity contribution in [2.24, 2.45) is 10.7 Å². The molecule has 1 fully saturated rings. The Morgan fingerprint density at radius 3 is 2.60 bits per heavy atom. The zero-order valence-electron chi connectivity index (χ0n) is 13.1. The molecule has 0 aliphatic heterocycles. The molecule has 0 aromatic heterocycles. The fourth-order valence-electron chi connectivity index (χ4n) is 2.42. The van der Waals surface area contributed by atoms with Gasteiger partial charge in [0, 0.05) is 25.7 Å². The van der Waals surface area contributed by atoms with Crippen LogP contribution in [0.15, 0.2) is 17.0 Å². The van der Waals surface area contributed by atoms with Gasteiger partial charge in [0.05, 0.1) is 0 Å². The molecule has 4 N–H and O–H groups in total. The highest BCUT2D eigenvalue weighted by atomic mass is 16.5. The summed E-state index contributed by atoms with van der Waals surface area (Å²) in [6, 6.07) is 0.628. The minimum Gasteiger partial charge on any atom is -0.476 e. The number of hydrogen-bond acceptors (Lipinski definition) is 4. The molecule has 5 nitrogen and oxygen atoms in total. The Morgan fingerprint density at radius 2 is 2.05 bits per heavy atom. The number of amidine groups is 1. The van der Waals surface area contributed by atoms with Crippen molar-refractivity contribution in [3.8, 4) is 0 Å². The van der Waals surface area contributed by atoms with E-state index in [4.69, 9.17) is 10.5 Å². The van der Waals surface area contributed by atoms with Crippen molar-refractivity contribution in [3.63, 3.8) is 0 Å². The number of aliphatic imine (C=N–C) groups is 1. The van der Waals surface area contributed by atoms with Gasteiger partial charge < -0.3 is 21.1 Å². The maximum Gasteiger partial charge on any atom is 0.187 e. The molecule has 1 aliphatic carbocycles. The first-order valence-corrected chi connectivity index (χ1v) is 7.71. The predicted molar refractivity (Wildman–Crippen MR) is 84.7 cm³/mol. The number of hydrogen-bond donors (Lipinski definition) is 3. The molecule has 0 spiro atoms. The van der Waals surface area contributed by atoms with E-state index in [0.29, 0.717) is 11.9 Å². The summed E-state index contributed by atoms with van der Waals surface area (Å²) in [6.45, 7) is 3.08. The molecule has 1 aliphatic rings. The van der Waals surface area contributed by atoms with E-state index in [1.165, 1.54) is 0 Å². The monoisotopic (exact) mass is 282 g/mol. The summed E-state index contributed by atoms with van der Waals surface area (Å²) in [5, 5.41) is 6.58. The third kappa shape index (κ3) is 6.28. The highest BCUT2D eigenvalue weighted by Gasteiger charge is 2.21. The van der Waals surface area contributed by atoms with Crippen LogP contribution < -0.4 is 16.4 Å². The average Bonchev–Trinajstić information content (AvgIpc) is 2.47. The van der Waals surface area contributed by atoms with Crippen LogP contribution in [0.2, 0.25) is 0 Å². The van der Waals surface area contributed by atoms with Crippen molar-refractivity contribution in [1.29, 1.82) is 0 Å². The van der Waals surface area contributed by atoms with Gasteiger partial charge in [-0.1, -0.05) is 13.3 Å². The third-order valence-corrected chi connectivity index (χ3v) is 3.74. The molecule has 0 atom stereocenters. The molecule has 0 aromatic rings. The number of nitrogens with zero attached hydrogens (tertiary/aromatic N) is 1. The molecular formula is C15H30N4O. The fourth-order valence-corrected chi connectivity index (χ4v) is 2.42. The maximum atomic E-state index is 5.95. The summed E-state index contributed by atoms with van der Waals surface area (Å²) in [6.07, 6.45) is 8.74. The summed E-state index contributed by atoms with van der Waals surface area (Å²) < 4.78 is 5.81. The lowest BCUT2D eigenvalue weighted by atomic mass is 9.93. The van der Waals surface area contributed by atoms with Crippen molar-refractivity contribution in [3.05, 3.63) is 12.0 Å². The summed E-state index contributed by atoms with van der Waals surface area (Å²) in [4.78, 5) is 4.18. The first-order valence-electron chi connectivity index (χ1n) is 7.71. The lowest BCUT2D eigenvalue weighted by Gasteiger charge is -2.28. The van der Waals surface area contributed by atoms with Gasteiger partial charge in [-0.2, -0.15) is 0 Å². The van der Waals surface area contributed by atoms with Crippen LogP contribution in [0.25, 0.3) is 0 Å². The SMILES string of the molecule is CCCCNC(C=C(N)OC1CCC(NC)CC1)=NC. The molecule has 0 saturated heterocycles. The Bertz CT molecular complexity index is 320. The minimum absolute atomic E-state index is 0.240. The highest BCUT2D eigenvalue weighted by Crippen LogP contribution is 2.21. The summed E-state index contributed by atoms with van der Waals surface area (Å²) in [7, 11) is 3.78. The van der Waals surface area contributed by atoms with E-state index < -0.39 is 0 Å². The standard InChI is InChI=1S/C15H30N4O/c1-4-5-10-19-15(18-3)11-14(16)20-13-8-6-12(17-2)7-9-13/h11-13,17H,4-10,16H2,1-3H3,(H,18,19). The highest BCUT2D eigenvalue weighted by molar-refractivity contribution is 5.93. The number of rotatable bonds is 7. The van der Waals surface area contributed by atoms with Gasteiger partial charge in [-0.25, -0.2) is 0 Å². The normalized spacial score (nSPS) is 24.6. The summed E-state index contributed by atoms with van der Waals surface area (Å²) in [5.74, 6) is 1.25. The lowest BCUT2D eigenvalue weighted by molar-refractivity contribution is 0.0730. The summed E-state index contributed by atoms with van der Waals surface area (Å²) in [5.41, 5.74) is 5.95. The zero-order valence-corrected chi connectivity index (χ0v) is 13.1. The Morgan fingerprint density at radius 1 is 1.35 bits per heavy atom. The van der Waals surface area contributed by atoms with Gasteiger partial charge in [0.2, 0.25) is 0 Å². The van der Waals surface area contributed by atoms with E-state index in [2.05, 4.69) is 22.5 Å². The van der Waals surface area contributed by atoms with Gasteiger partial charge in [-0.05, 0) is 39.2 Å². The van der Waals surface area contributed by atoms with E-state index in [1.807, 2.05) is 7.05 Å². The second-order valence-electron chi connectivity index (χ2n) is 5.32. The molecule has 1 rings (SSSR count). The topological polar surface area (TPSA) is 71.7 Å². The Labute approximate surface area is 123 Å². The maximum absolute atomic E-state index is 5.95. The second kappa shape index (κ2) is 9.64. The van der Waals surface area contributed by atoms with Crippen LogP contribution in [0, 0.1) is 0 Å². The molecule has 5 heteroatoms. The first kappa shape index (κ1) is 16.8. The van der Waals surface area contributed by atoms with Crippen molar-refractivity contribution in [1.82, 2.24) is 10.6 Å². The molecule has 0 heterocycles. The number of unbranched alkanes of at least 4 members (excludes halogenated alkanes) is 1. The Hall–Kier alpha value is -1.23. The molecular weight excluding hydrogens is 252 g/mol. The largest absolute Gasteiger partial charge is 0.476 e. The lowest BCUT2D eigenvalue weighted by Crippen LogP contribution is -2.33. The van der Waals surface area contributed by atoms with Crippen molar-refractivity contribution in [2.75, 3.05) is 20.6 Å². The molecule has 0 amide bonds. The molecule has 116 valence electrons. The molecule has 0 unspecified atom stereocenters. The van der Waals surface area contributed by atoms with Gasteiger partial charge in [0.25, 0.3) is 0 Å². The van der Waals surface area contributed by atoms with E-state index >= 15 is 0 Å². The molecule has 0 aromatic carbocycles. The van der Waals surface area contributed by atoms with E-state index in [9.17, 15) is 0 Å². The van der Waals surface area contributed by atoms with E-state index in [-0.39, 0.29) is 6.10 Å². The number of ether oxygens (including phenoxy) is 1. The van der Waals surface area contributed by atoms with E-state index in [0.717, 1.165) is 50.9 Å². The van der Waals surface area contributed by atoms with Crippen LogP contribution in [0.4, 0.5) is 0 Å². The number of nitrogens with one attached hydrogen (secondary N) is 2. The molecule has 20 heavy (non-hydrogen) atoms. The third-order valence-electron chi connectivity index (χ3n) is 3.74. The predicted octanol–water partition coefficient (Wildman–Crippen LogP) is 1.75. The smallest absolute Gasteiger partial charge is 0.187 e. The zero-order chi connectivity index (χ0) is 14.8. The van der Waals surface area contributed by atoms with Crippen molar-refractivity contribution < 1.29 is 4.74 Å². The van der Waals surface area contributed by atoms with Crippen LogP contribution in [0.5, 0.6) is 0 Å². The van der Waals surface area contributed by atoms with Gasteiger partial charge in [-0.15, -0.1) is 0 Å².